The third kappa shape index (κ3) is 2.59. The summed E-state index contributed by atoms with van der Waals surface area (Å²) >= 11 is 0.860. The number of thioether (sulfide) groups is 1. The van der Waals surface area contributed by atoms with Gasteiger partial charge >= 0.3 is 5.97 Å². The number of fused-ring (bicyclic) bond motifs is 2. The van der Waals surface area contributed by atoms with E-state index >= 15 is 0 Å². The van der Waals surface area contributed by atoms with Crippen molar-refractivity contribution in [3.8, 4) is 11.5 Å². The molecule has 0 bridgehead atoms. The van der Waals surface area contributed by atoms with Crippen molar-refractivity contribution in [2.45, 2.75) is 18.7 Å². The van der Waals surface area contributed by atoms with Crippen molar-refractivity contribution in [3.63, 3.8) is 0 Å². The molecule has 0 radical (unpaired) electrons. The lowest BCUT2D eigenvalue weighted by atomic mass is 10.0. The molecule has 0 aliphatic carbocycles. The fourth-order valence-electron chi connectivity index (χ4n) is 2.96. The van der Waals surface area contributed by atoms with Crippen LogP contribution in [0, 0.1) is 13.8 Å². The van der Waals surface area contributed by atoms with E-state index in [1.165, 1.54) is 19.2 Å². The minimum atomic E-state index is -1.21. The molecule has 0 atom stereocenters. The second-order valence-electron chi connectivity index (χ2n) is 5.77. The number of nitrogens with one attached hydrogen (secondary N) is 1. The van der Waals surface area contributed by atoms with Crippen LogP contribution in [0.1, 0.15) is 42.2 Å². The summed E-state index contributed by atoms with van der Waals surface area (Å²) < 4.78 is 5.23. The van der Waals surface area contributed by atoms with Gasteiger partial charge in [0.1, 0.15) is 11.5 Å². The van der Waals surface area contributed by atoms with E-state index in [0.717, 1.165) is 11.8 Å². The molecule has 1 heterocycles. The fourth-order valence-corrected chi connectivity index (χ4v) is 4.03. The number of phenols is 1. The van der Waals surface area contributed by atoms with Crippen LogP contribution >= 0.6 is 11.8 Å². The maximum absolute atomic E-state index is 12.8. The molecule has 0 amide bonds. The minimum absolute atomic E-state index is 0.0980. The van der Waals surface area contributed by atoms with E-state index in [2.05, 4.69) is 5.32 Å². The van der Waals surface area contributed by atoms with E-state index in [4.69, 9.17) is 4.74 Å². The average Bonchev–Trinajstić information content (AvgIpc) is 2.72. The molecule has 2 aromatic carbocycles. The third-order valence-electron chi connectivity index (χ3n) is 4.24. The van der Waals surface area contributed by atoms with Crippen LogP contribution in [0.15, 0.2) is 17.0 Å². The minimum Gasteiger partial charge on any atom is -0.507 e. The Hall–Kier alpha value is -3.00. The number of rotatable bonds is 3. The molecule has 1 aliphatic rings. The van der Waals surface area contributed by atoms with Gasteiger partial charge in [-0.2, -0.15) is 0 Å². The summed E-state index contributed by atoms with van der Waals surface area (Å²) in [5.41, 5.74) is 1.37. The number of carbonyl (C=O) groups excluding carboxylic acids is 2. The average molecular weight is 373 g/mol. The van der Waals surface area contributed by atoms with Crippen LogP contribution in [0.3, 0.4) is 0 Å². The van der Waals surface area contributed by atoms with Crippen molar-refractivity contribution in [3.05, 3.63) is 39.9 Å². The molecule has 1 aliphatic heterocycles. The van der Waals surface area contributed by atoms with Crippen molar-refractivity contribution in [1.29, 1.82) is 0 Å². The lowest BCUT2D eigenvalue weighted by Crippen LogP contribution is -2.08. The highest BCUT2D eigenvalue weighted by atomic mass is 32.2. The SMILES string of the molecule is COc1cc(C(=O)O)c2c(c1C)SC(=O)c1c(C)cc(O)c(C=O)c1N2. The number of anilines is 2. The number of carboxylic acids is 1. The molecule has 2 aromatic rings. The molecule has 3 rings (SSSR count). The van der Waals surface area contributed by atoms with E-state index in [1.807, 2.05) is 0 Å². The molecule has 3 N–H and O–H groups in total. The Morgan fingerprint density at radius 1 is 1.27 bits per heavy atom. The van der Waals surface area contributed by atoms with E-state index < -0.39 is 5.97 Å². The van der Waals surface area contributed by atoms with Crippen LogP contribution < -0.4 is 10.1 Å². The fraction of sp³-hybridized carbons (Fsp3) is 0.167. The quantitative estimate of drug-likeness (QED) is 0.701. The molecule has 0 saturated heterocycles. The summed E-state index contributed by atoms with van der Waals surface area (Å²) in [6.07, 6.45) is 0.431. The zero-order valence-corrected chi connectivity index (χ0v) is 15.0. The summed E-state index contributed by atoms with van der Waals surface area (Å²) in [7, 11) is 1.42. The first-order chi connectivity index (χ1) is 12.3. The van der Waals surface area contributed by atoms with Gasteiger partial charge in [0, 0.05) is 10.5 Å². The molecule has 7 nitrogen and oxygen atoms in total. The third-order valence-corrected chi connectivity index (χ3v) is 5.35. The zero-order valence-electron chi connectivity index (χ0n) is 14.2. The Labute approximate surface area is 153 Å². The van der Waals surface area contributed by atoms with Gasteiger partial charge in [-0.15, -0.1) is 0 Å². The Balaban J connectivity index is 2.40. The van der Waals surface area contributed by atoms with Gasteiger partial charge in [0.25, 0.3) is 0 Å². The molecule has 0 saturated carbocycles. The second kappa shape index (κ2) is 6.38. The van der Waals surface area contributed by atoms with Crippen LogP contribution in [0.2, 0.25) is 0 Å². The Morgan fingerprint density at radius 2 is 1.96 bits per heavy atom. The van der Waals surface area contributed by atoms with Gasteiger partial charge in [0.15, 0.2) is 6.29 Å². The number of carboxylic acid groups (broad SMARTS) is 1. The van der Waals surface area contributed by atoms with Crippen molar-refractivity contribution < 1.29 is 29.3 Å². The molecule has 26 heavy (non-hydrogen) atoms. The van der Waals surface area contributed by atoms with Crippen LogP contribution in [0.25, 0.3) is 0 Å². The topological polar surface area (TPSA) is 113 Å². The van der Waals surface area contributed by atoms with Gasteiger partial charge in [-0.1, -0.05) is 0 Å². The molecule has 0 unspecified atom stereocenters. The highest BCUT2D eigenvalue weighted by Gasteiger charge is 2.31. The maximum atomic E-state index is 12.8. The Bertz CT molecular complexity index is 983. The number of aromatic carboxylic acids is 1. The number of phenolic OH excluding ortho intramolecular Hbond substituents is 1. The molecular formula is C18H15NO6S. The highest BCUT2D eigenvalue weighted by molar-refractivity contribution is 8.14. The first-order valence-corrected chi connectivity index (χ1v) is 8.37. The largest absolute Gasteiger partial charge is 0.507 e. The Morgan fingerprint density at radius 3 is 2.54 bits per heavy atom. The second-order valence-corrected chi connectivity index (χ2v) is 6.75. The molecule has 0 fully saturated rings. The number of aldehydes is 1. The lowest BCUT2D eigenvalue weighted by molar-refractivity contribution is 0.0697. The highest BCUT2D eigenvalue weighted by Crippen LogP contribution is 2.47. The smallest absolute Gasteiger partial charge is 0.337 e. The van der Waals surface area contributed by atoms with Gasteiger partial charge in [0.05, 0.1) is 35.2 Å². The number of carbonyl (C=O) groups is 3. The molecule has 134 valence electrons. The molecule has 0 spiro atoms. The van der Waals surface area contributed by atoms with Crippen LogP contribution in [-0.4, -0.2) is 34.7 Å². The normalized spacial score (nSPS) is 12.5. The number of aromatic hydroxyl groups is 1. The van der Waals surface area contributed by atoms with Crippen molar-refractivity contribution >= 4 is 40.5 Å². The van der Waals surface area contributed by atoms with Gasteiger partial charge in [-0.3, -0.25) is 9.59 Å². The van der Waals surface area contributed by atoms with E-state index in [0.29, 0.717) is 28.1 Å². The molecule has 0 aromatic heterocycles. The van der Waals surface area contributed by atoms with E-state index in [1.54, 1.807) is 13.8 Å². The maximum Gasteiger partial charge on any atom is 0.337 e. The van der Waals surface area contributed by atoms with Gasteiger partial charge in [-0.05, 0) is 43.3 Å². The number of benzene rings is 2. The predicted molar refractivity (Wildman–Crippen MR) is 96.4 cm³/mol. The van der Waals surface area contributed by atoms with Crippen LogP contribution in [-0.2, 0) is 0 Å². The van der Waals surface area contributed by atoms with Gasteiger partial charge < -0.3 is 20.3 Å². The lowest BCUT2D eigenvalue weighted by Gasteiger charge is -2.17. The monoisotopic (exact) mass is 373 g/mol. The molecular weight excluding hydrogens is 358 g/mol. The summed E-state index contributed by atoms with van der Waals surface area (Å²) in [6, 6.07) is 2.69. The summed E-state index contributed by atoms with van der Waals surface area (Å²) in [4.78, 5) is 36.5. The number of methoxy groups -OCH3 is 1. The number of hydrogen-bond donors (Lipinski definition) is 3. The van der Waals surface area contributed by atoms with Gasteiger partial charge in [0.2, 0.25) is 5.12 Å². The van der Waals surface area contributed by atoms with Crippen LogP contribution in [0.5, 0.6) is 11.5 Å². The zero-order chi connectivity index (χ0) is 19.2. The Kier molecular flexibility index (Phi) is 4.37. The van der Waals surface area contributed by atoms with Gasteiger partial charge in [-0.25, -0.2) is 4.79 Å². The van der Waals surface area contributed by atoms with Crippen LogP contribution in [0.4, 0.5) is 11.4 Å². The van der Waals surface area contributed by atoms with E-state index in [9.17, 15) is 24.6 Å². The number of aryl methyl sites for hydroxylation is 1. The van der Waals surface area contributed by atoms with Crippen molar-refractivity contribution in [2.75, 3.05) is 12.4 Å². The summed E-state index contributed by atoms with van der Waals surface area (Å²) in [5, 5.41) is 22.2. The van der Waals surface area contributed by atoms with Crippen molar-refractivity contribution in [2.24, 2.45) is 0 Å². The van der Waals surface area contributed by atoms with E-state index in [-0.39, 0.29) is 38.9 Å². The summed E-state index contributed by atoms with van der Waals surface area (Å²) in [5.74, 6) is -1.16. The number of hydrogen-bond acceptors (Lipinski definition) is 7. The first-order valence-electron chi connectivity index (χ1n) is 7.56. The standard InChI is InChI=1S/C18H15NO6S/c1-7-4-11(21)10(6-20)14-13(7)18(24)26-16-8(2)12(25-3)5-9(17(22)23)15(16)19-14/h4-6,19,21H,1-3H3,(H,22,23). The summed E-state index contributed by atoms with van der Waals surface area (Å²) in [6.45, 7) is 3.35. The number of ether oxygens (including phenoxy) is 1. The first kappa shape index (κ1) is 17.8. The van der Waals surface area contributed by atoms with Crippen molar-refractivity contribution in [1.82, 2.24) is 0 Å². The predicted octanol–water partition coefficient (Wildman–Crippen LogP) is 3.52. The molecule has 8 heteroatoms.